The van der Waals surface area contributed by atoms with Gasteiger partial charge in [-0.1, -0.05) is 42.6 Å². The minimum atomic E-state index is -0.114. The molecule has 0 fully saturated rings. The molecule has 0 nitrogen and oxygen atoms in total. The maximum atomic E-state index is 2.34. The topological polar surface area (TPSA) is 0 Å². The molecule has 0 unspecified atom stereocenters. The standard InChI is InChI=1S/C9H7.C7H11Si.2ClH.Hf/c1-2-5-9-7-3-6-8(9)4-1;1-8(2)7-5-3-4-6-7;;;/h1-7H;3-5H,6H2,1-2H3;2*1H;/q-1;;;;/p-2. The number of halogens is 2. The van der Waals surface area contributed by atoms with Crippen molar-refractivity contribution in [3.8, 4) is 0 Å². The van der Waals surface area contributed by atoms with Gasteiger partial charge in [0.25, 0.3) is 0 Å². The number of hydrogen-bond acceptors (Lipinski definition) is 0. The molecule has 0 aromatic heterocycles. The van der Waals surface area contributed by atoms with Crippen molar-refractivity contribution in [3.05, 3.63) is 65.9 Å². The van der Waals surface area contributed by atoms with E-state index in [4.69, 9.17) is 0 Å². The molecule has 2 aromatic carbocycles. The van der Waals surface area contributed by atoms with Gasteiger partial charge in [-0.3, -0.25) is 0 Å². The predicted octanol–water partition coefficient (Wildman–Crippen LogP) is -1.27. The number of allylic oxidation sites excluding steroid dienone is 4. The third kappa shape index (κ3) is 6.62. The molecule has 0 N–H and O–H groups in total. The van der Waals surface area contributed by atoms with Crippen LogP contribution in [-0.4, -0.2) is 8.80 Å². The molecule has 0 bridgehead atoms. The van der Waals surface area contributed by atoms with Crippen LogP contribution in [-0.2, 0) is 25.8 Å². The van der Waals surface area contributed by atoms with E-state index in [1.165, 1.54) is 17.2 Å². The fourth-order valence-electron chi connectivity index (χ4n) is 1.89. The Hall–Kier alpha value is -0.0230. The van der Waals surface area contributed by atoms with E-state index in [1.807, 2.05) is 0 Å². The Bertz CT molecular complexity index is 514. The summed E-state index contributed by atoms with van der Waals surface area (Å²) in [5, 5.41) is 4.32. The van der Waals surface area contributed by atoms with Crippen molar-refractivity contribution in [3.63, 3.8) is 0 Å². The quantitative estimate of drug-likeness (QED) is 0.348. The van der Waals surface area contributed by atoms with Gasteiger partial charge in [0.1, 0.15) is 0 Å². The van der Waals surface area contributed by atoms with Crippen LogP contribution in [0.3, 0.4) is 0 Å². The summed E-state index contributed by atoms with van der Waals surface area (Å²) in [6, 6.07) is 14.7. The van der Waals surface area contributed by atoms with Crippen LogP contribution in [0, 0.1) is 0 Å². The smallest absolute Gasteiger partial charge is 0.0741 e. The van der Waals surface area contributed by atoms with Crippen molar-refractivity contribution in [2.75, 3.05) is 0 Å². The number of benzene rings is 1. The summed E-state index contributed by atoms with van der Waals surface area (Å²) in [7, 11) is -0.114. The summed E-state index contributed by atoms with van der Waals surface area (Å²) in [5.74, 6) is 0. The molecule has 0 atom stereocenters. The van der Waals surface area contributed by atoms with Gasteiger partial charge in [-0.05, 0) is 6.42 Å². The molecule has 0 heterocycles. The van der Waals surface area contributed by atoms with Crippen molar-refractivity contribution in [2.24, 2.45) is 0 Å². The molecule has 4 heteroatoms. The molecule has 0 amide bonds. The first-order valence-electron chi connectivity index (χ1n) is 6.04. The SMILES string of the molecule is C[Si](C)C1=CC=CC1.[Cl-].[Cl-].[Hf].c1ccc2[cH-]ccc2c1. The molecule has 0 saturated heterocycles. The molecule has 2 aromatic rings. The number of rotatable bonds is 1. The predicted molar refractivity (Wildman–Crippen MR) is 78.9 cm³/mol. The Morgan fingerprint density at radius 2 is 1.75 bits per heavy atom. The summed E-state index contributed by atoms with van der Waals surface area (Å²) in [5.41, 5.74) is 0. The molecular formula is C16H18Cl2HfSi-3. The van der Waals surface area contributed by atoms with Crippen LogP contribution in [0.4, 0.5) is 0 Å². The Morgan fingerprint density at radius 3 is 2.25 bits per heavy atom. The summed E-state index contributed by atoms with van der Waals surface area (Å²) >= 11 is 0. The van der Waals surface area contributed by atoms with E-state index in [9.17, 15) is 0 Å². The molecule has 1 aliphatic rings. The van der Waals surface area contributed by atoms with Crippen molar-refractivity contribution >= 4 is 19.6 Å². The van der Waals surface area contributed by atoms with E-state index in [-0.39, 0.29) is 59.5 Å². The largest absolute Gasteiger partial charge is 1.00 e. The van der Waals surface area contributed by atoms with Gasteiger partial charge in [0.2, 0.25) is 0 Å². The molecule has 20 heavy (non-hydrogen) atoms. The van der Waals surface area contributed by atoms with E-state index in [2.05, 4.69) is 73.8 Å². The first-order valence-corrected chi connectivity index (χ1v) is 8.54. The van der Waals surface area contributed by atoms with Crippen molar-refractivity contribution in [1.82, 2.24) is 0 Å². The average molecular weight is 488 g/mol. The molecule has 1 radical (unpaired) electrons. The Morgan fingerprint density at radius 1 is 1.05 bits per heavy atom. The zero-order valence-electron chi connectivity index (χ0n) is 11.7. The molecule has 3 rings (SSSR count). The van der Waals surface area contributed by atoms with E-state index >= 15 is 0 Å². The summed E-state index contributed by atoms with van der Waals surface area (Å²) < 4.78 is 0. The second kappa shape index (κ2) is 11.6. The van der Waals surface area contributed by atoms with E-state index in [0.717, 1.165) is 0 Å². The van der Waals surface area contributed by atoms with Gasteiger partial charge < -0.3 is 24.8 Å². The normalized spacial score (nSPS) is 11.7. The van der Waals surface area contributed by atoms with Crippen molar-refractivity contribution < 1.29 is 50.7 Å². The van der Waals surface area contributed by atoms with Gasteiger partial charge in [0.05, 0.1) is 8.80 Å². The zero-order chi connectivity index (χ0) is 12.1. The zero-order valence-corrected chi connectivity index (χ0v) is 17.8. The second-order valence-electron chi connectivity index (χ2n) is 4.48. The fraction of sp³-hybridized carbons (Fsp3) is 0.188. The molecule has 0 spiro atoms. The molecular weight excluding hydrogens is 470 g/mol. The van der Waals surface area contributed by atoms with E-state index in [0.29, 0.717) is 0 Å². The van der Waals surface area contributed by atoms with Crippen LogP contribution in [0.15, 0.2) is 65.9 Å². The van der Waals surface area contributed by atoms with E-state index in [1.54, 1.807) is 5.20 Å². The maximum Gasteiger partial charge on any atom is 0.0741 e. The third-order valence-electron chi connectivity index (χ3n) is 2.96. The van der Waals surface area contributed by atoms with Gasteiger partial charge in [0.15, 0.2) is 0 Å². The van der Waals surface area contributed by atoms with Crippen molar-refractivity contribution in [1.29, 1.82) is 0 Å². The Kier molecular flexibility index (Phi) is 12.9. The van der Waals surface area contributed by atoms with Gasteiger partial charge in [0, 0.05) is 25.8 Å². The van der Waals surface area contributed by atoms with Crippen LogP contribution in [0.5, 0.6) is 0 Å². The second-order valence-corrected chi connectivity index (χ2v) is 7.12. The van der Waals surface area contributed by atoms with Gasteiger partial charge >= 0.3 is 0 Å². The van der Waals surface area contributed by atoms with Crippen LogP contribution in [0.1, 0.15) is 6.42 Å². The van der Waals surface area contributed by atoms with E-state index < -0.39 is 0 Å². The molecule has 0 saturated carbocycles. The van der Waals surface area contributed by atoms with Crippen LogP contribution in [0.2, 0.25) is 13.1 Å². The van der Waals surface area contributed by atoms with Crippen LogP contribution < -0.4 is 24.8 Å². The van der Waals surface area contributed by atoms with Crippen LogP contribution >= 0.6 is 0 Å². The maximum absolute atomic E-state index is 2.34. The molecule has 0 aliphatic heterocycles. The third-order valence-corrected chi connectivity index (χ3v) is 4.62. The minimum absolute atomic E-state index is 0. The number of fused-ring (bicyclic) bond motifs is 1. The fourth-order valence-corrected chi connectivity index (χ4v) is 2.84. The van der Waals surface area contributed by atoms with Gasteiger partial charge in [-0.15, -0.1) is 29.7 Å². The first kappa shape index (κ1) is 22.3. The van der Waals surface area contributed by atoms with Crippen LogP contribution in [0.25, 0.3) is 10.8 Å². The summed E-state index contributed by atoms with van der Waals surface area (Å²) in [6.07, 6.45) is 7.87. The summed E-state index contributed by atoms with van der Waals surface area (Å²) in [6.45, 7) is 4.67. The minimum Gasteiger partial charge on any atom is -1.00 e. The molecule has 107 valence electrons. The average Bonchev–Trinajstić information content (AvgIpc) is 3.01. The number of hydrogen-bond donors (Lipinski definition) is 0. The van der Waals surface area contributed by atoms with Crippen molar-refractivity contribution in [2.45, 2.75) is 19.5 Å². The van der Waals surface area contributed by atoms with Gasteiger partial charge in [-0.25, -0.2) is 0 Å². The van der Waals surface area contributed by atoms with Gasteiger partial charge in [-0.2, -0.15) is 17.5 Å². The molecule has 1 aliphatic carbocycles. The monoisotopic (exact) mass is 488 g/mol. The summed E-state index contributed by atoms with van der Waals surface area (Å²) in [4.78, 5) is 0. The Balaban J connectivity index is 0. The first-order chi connectivity index (χ1) is 8.27. The Labute approximate surface area is 154 Å².